The molecule has 1 fully saturated rings. The Bertz CT molecular complexity index is 664. The predicted molar refractivity (Wildman–Crippen MR) is 98.2 cm³/mol. The van der Waals surface area contributed by atoms with Crippen LogP contribution in [-0.2, 0) is 6.54 Å². The van der Waals surface area contributed by atoms with Gasteiger partial charge in [0.15, 0.2) is 0 Å². The molecule has 0 radical (unpaired) electrons. The van der Waals surface area contributed by atoms with Crippen LogP contribution in [0.4, 0.5) is 10.5 Å². The molecule has 0 aliphatic carbocycles. The van der Waals surface area contributed by atoms with E-state index in [0.29, 0.717) is 6.04 Å². The van der Waals surface area contributed by atoms with Crippen LogP contribution in [0, 0.1) is 0 Å². The van der Waals surface area contributed by atoms with Crippen molar-refractivity contribution in [3.8, 4) is 0 Å². The number of rotatable bonds is 4. The molecule has 1 aliphatic rings. The molecule has 1 aliphatic heterocycles. The third kappa shape index (κ3) is 5.00. The summed E-state index contributed by atoms with van der Waals surface area (Å²) in [6.45, 7) is 2.40. The normalized spacial score (nSPS) is 18.0. The molecule has 6 heteroatoms. The molecule has 1 saturated heterocycles. The fourth-order valence-corrected chi connectivity index (χ4v) is 3.24. The number of pyridine rings is 2. The van der Waals surface area contributed by atoms with E-state index in [9.17, 15) is 4.79 Å². The summed E-state index contributed by atoms with van der Waals surface area (Å²) in [6, 6.07) is 10.1. The Morgan fingerprint density at radius 2 is 2.16 bits per heavy atom. The Morgan fingerprint density at radius 3 is 2.92 bits per heavy atom. The smallest absolute Gasteiger partial charge is 0.321 e. The van der Waals surface area contributed by atoms with Crippen molar-refractivity contribution >= 4 is 11.7 Å². The zero-order valence-corrected chi connectivity index (χ0v) is 14.6. The first-order valence-corrected chi connectivity index (χ1v) is 8.78. The van der Waals surface area contributed by atoms with Crippen molar-refractivity contribution in [2.75, 3.05) is 25.5 Å². The van der Waals surface area contributed by atoms with E-state index in [4.69, 9.17) is 0 Å². The highest BCUT2D eigenvalue weighted by atomic mass is 16.2. The molecule has 3 rings (SSSR count). The van der Waals surface area contributed by atoms with Crippen molar-refractivity contribution in [1.29, 1.82) is 0 Å². The highest BCUT2D eigenvalue weighted by molar-refractivity contribution is 5.89. The summed E-state index contributed by atoms with van der Waals surface area (Å²) in [4.78, 5) is 25.1. The fourth-order valence-electron chi connectivity index (χ4n) is 3.24. The Labute approximate surface area is 148 Å². The molecular formula is C19H25N5O. The Hall–Kier alpha value is -2.47. The number of anilines is 1. The zero-order chi connectivity index (χ0) is 17.5. The summed E-state index contributed by atoms with van der Waals surface area (Å²) in [5, 5.41) is 2.92. The van der Waals surface area contributed by atoms with Gasteiger partial charge < -0.3 is 10.2 Å². The maximum atomic E-state index is 12.5. The van der Waals surface area contributed by atoms with Crippen LogP contribution in [-0.4, -0.2) is 52.0 Å². The van der Waals surface area contributed by atoms with Gasteiger partial charge >= 0.3 is 6.03 Å². The summed E-state index contributed by atoms with van der Waals surface area (Å²) in [5.74, 6) is 0. The highest BCUT2D eigenvalue weighted by Gasteiger charge is 2.23. The van der Waals surface area contributed by atoms with Crippen LogP contribution in [0.1, 0.15) is 25.0 Å². The van der Waals surface area contributed by atoms with E-state index < -0.39 is 0 Å². The Kier molecular flexibility index (Phi) is 5.95. The summed E-state index contributed by atoms with van der Waals surface area (Å²) < 4.78 is 0. The molecule has 0 bridgehead atoms. The lowest BCUT2D eigenvalue weighted by Gasteiger charge is -2.27. The van der Waals surface area contributed by atoms with Crippen LogP contribution < -0.4 is 5.32 Å². The Morgan fingerprint density at radius 1 is 1.24 bits per heavy atom. The van der Waals surface area contributed by atoms with Crippen LogP contribution >= 0.6 is 0 Å². The topological polar surface area (TPSA) is 61.4 Å². The zero-order valence-electron chi connectivity index (χ0n) is 14.6. The molecule has 6 nitrogen and oxygen atoms in total. The van der Waals surface area contributed by atoms with Gasteiger partial charge in [-0.3, -0.25) is 14.9 Å². The lowest BCUT2D eigenvalue weighted by Crippen LogP contribution is -2.37. The average molecular weight is 339 g/mol. The molecule has 2 aromatic rings. The van der Waals surface area contributed by atoms with Crippen LogP contribution in [0.2, 0.25) is 0 Å². The Balaban J connectivity index is 1.52. The molecule has 25 heavy (non-hydrogen) atoms. The van der Waals surface area contributed by atoms with Crippen LogP contribution in [0.25, 0.3) is 0 Å². The molecule has 1 atom stereocenters. The number of urea groups is 1. The van der Waals surface area contributed by atoms with Gasteiger partial charge in [-0.25, -0.2) is 4.79 Å². The van der Waals surface area contributed by atoms with Crippen molar-refractivity contribution < 1.29 is 4.79 Å². The number of aromatic nitrogens is 2. The largest absolute Gasteiger partial charge is 0.324 e. The van der Waals surface area contributed by atoms with Crippen molar-refractivity contribution in [3.63, 3.8) is 0 Å². The summed E-state index contributed by atoms with van der Waals surface area (Å²) >= 11 is 0. The highest BCUT2D eigenvalue weighted by Crippen LogP contribution is 2.18. The number of amides is 2. The van der Waals surface area contributed by atoms with Gasteiger partial charge in [0.05, 0.1) is 17.6 Å². The maximum absolute atomic E-state index is 12.5. The lowest BCUT2D eigenvalue weighted by atomic mass is 10.1. The van der Waals surface area contributed by atoms with Gasteiger partial charge in [-0.15, -0.1) is 0 Å². The molecule has 2 aromatic heterocycles. The molecule has 1 N–H and O–H groups in total. The number of carbonyl (C=O) groups is 1. The molecule has 0 unspecified atom stereocenters. The van der Waals surface area contributed by atoms with E-state index in [1.807, 2.05) is 35.4 Å². The molecule has 0 saturated carbocycles. The van der Waals surface area contributed by atoms with Crippen molar-refractivity contribution in [1.82, 2.24) is 19.8 Å². The fraction of sp³-hybridized carbons (Fsp3) is 0.421. The van der Waals surface area contributed by atoms with Gasteiger partial charge in [-0.2, -0.15) is 0 Å². The third-order valence-electron chi connectivity index (χ3n) is 4.66. The van der Waals surface area contributed by atoms with Crippen LogP contribution in [0.3, 0.4) is 0 Å². The molecule has 132 valence electrons. The standard InChI is InChI=1S/C19H25N5O/c1-23(15-17-6-2-3-11-21-17)18-8-5-12-24(13-9-18)19(25)22-16-7-4-10-20-14-16/h2-4,6-7,10-11,14,18H,5,8-9,12-13,15H2,1H3,(H,22,25)/t18-/m1/s1. The minimum atomic E-state index is -0.0407. The van der Waals surface area contributed by atoms with E-state index in [-0.39, 0.29) is 6.03 Å². The van der Waals surface area contributed by atoms with Gasteiger partial charge in [-0.05, 0) is 50.6 Å². The summed E-state index contributed by atoms with van der Waals surface area (Å²) in [5.41, 5.74) is 1.82. The van der Waals surface area contributed by atoms with E-state index in [2.05, 4.69) is 33.3 Å². The first-order chi connectivity index (χ1) is 12.2. The van der Waals surface area contributed by atoms with Gasteiger partial charge in [0.1, 0.15) is 0 Å². The first kappa shape index (κ1) is 17.4. The molecular weight excluding hydrogens is 314 g/mol. The second-order valence-electron chi connectivity index (χ2n) is 6.48. The number of nitrogens with zero attached hydrogens (tertiary/aromatic N) is 4. The second-order valence-corrected chi connectivity index (χ2v) is 6.48. The van der Waals surface area contributed by atoms with Crippen LogP contribution in [0.5, 0.6) is 0 Å². The van der Waals surface area contributed by atoms with E-state index in [1.54, 1.807) is 12.4 Å². The number of hydrogen-bond donors (Lipinski definition) is 1. The van der Waals surface area contributed by atoms with Gasteiger partial charge in [0, 0.05) is 38.1 Å². The van der Waals surface area contributed by atoms with Crippen molar-refractivity contribution in [2.45, 2.75) is 31.8 Å². The minimum Gasteiger partial charge on any atom is -0.324 e. The monoisotopic (exact) mass is 339 g/mol. The predicted octanol–water partition coefficient (Wildman–Crippen LogP) is 3.00. The van der Waals surface area contributed by atoms with E-state index >= 15 is 0 Å². The number of carbonyl (C=O) groups excluding carboxylic acids is 1. The first-order valence-electron chi connectivity index (χ1n) is 8.78. The van der Waals surface area contributed by atoms with Crippen molar-refractivity contribution in [2.24, 2.45) is 0 Å². The quantitative estimate of drug-likeness (QED) is 0.930. The minimum absolute atomic E-state index is 0.0407. The third-order valence-corrected chi connectivity index (χ3v) is 4.66. The average Bonchev–Trinajstić information content (AvgIpc) is 2.90. The van der Waals surface area contributed by atoms with Gasteiger partial charge in [0.2, 0.25) is 0 Å². The number of likely N-dealkylation sites (tertiary alicyclic amines) is 1. The maximum Gasteiger partial charge on any atom is 0.321 e. The lowest BCUT2D eigenvalue weighted by molar-refractivity contribution is 0.200. The van der Waals surface area contributed by atoms with Crippen molar-refractivity contribution in [3.05, 3.63) is 54.6 Å². The van der Waals surface area contributed by atoms with Gasteiger partial charge in [-0.1, -0.05) is 6.07 Å². The molecule has 2 amide bonds. The van der Waals surface area contributed by atoms with E-state index in [0.717, 1.165) is 50.3 Å². The molecule has 0 spiro atoms. The van der Waals surface area contributed by atoms with Gasteiger partial charge in [0.25, 0.3) is 0 Å². The van der Waals surface area contributed by atoms with Crippen LogP contribution in [0.15, 0.2) is 48.9 Å². The summed E-state index contributed by atoms with van der Waals surface area (Å²) in [7, 11) is 2.14. The number of nitrogens with one attached hydrogen (secondary N) is 1. The van der Waals surface area contributed by atoms with E-state index in [1.165, 1.54) is 0 Å². The second kappa shape index (κ2) is 8.58. The number of hydrogen-bond acceptors (Lipinski definition) is 4. The SMILES string of the molecule is CN(Cc1ccccn1)[C@@H]1CCCN(C(=O)Nc2cccnc2)CC1. The molecule has 0 aromatic carbocycles. The molecule has 3 heterocycles. The summed E-state index contributed by atoms with van der Waals surface area (Å²) in [6.07, 6.45) is 8.28.